The lowest BCUT2D eigenvalue weighted by Gasteiger charge is -2.12. The van der Waals surface area contributed by atoms with Crippen LogP contribution in [-0.4, -0.2) is 42.8 Å². The van der Waals surface area contributed by atoms with Gasteiger partial charge in [0.05, 0.1) is 30.0 Å². The molecule has 1 rings (SSSR count). The van der Waals surface area contributed by atoms with Crippen LogP contribution < -0.4 is 10.6 Å². The van der Waals surface area contributed by atoms with Crippen molar-refractivity contribution in [3.05, 3.63) is 28.3 Å². The number of methoxy groups -OCH3 is 1. The molecule has 1 aromatic carbocycles. The third-order valence-electron chi connectivity index (χ3n) is 2.29. The van der Waals surface area contributed by atoms with Crippen LogP contribution in [0.15, 0.2) is 18.2 Å². The predicted octanol–water partition coefficient (Wildman–Crippen LogP) is 0.584. The molecule has 0 bridgehead atoms. The van der Waals surface area contributed by atoms with Crippen molar-refractivity contribution in [3.8, 4) is 0 Å². The molecular weight excluding hydrogens is 254 g/mol. The average Bonchev–Trinajstić information content (AvgIpc) is 2.42. The topological polar surface area (TPSA) is 114 Å². The molecule has 0 aromatic heterocycles. The largest absolute Gasteiger partial charge is 0.468 e. The van der Waals surface area contributed by atoms with Crippen molar-refractivity contribution in [3.63, 3.8) is 0 Å². The molecule has 0 atom stereocenters. The molecule has 0 saturated carbocycles. The monoisotopic (exact) mass is 269 g/mol. The van der Waals surface area contributed by atoms with Crippen molar-refractivity contribution >= 4 is 23.0 Å². The van der Waals surface area contributed by atoms with E-state index in [1.807, 2.05) is 0 Å². The molecule has 19 heavy (non-hydrogen) atoms. The van der Waals surface area contributed by atoms with Crippen molar-refractivity contribution in [2.24, 2.45) is 0 Å². The molecule has 1 aromatic rings. The van der Waals surface area contributed by atoms with Gasteiger partial charge in [-0.05, 0) is 6.07 Å². The number of nitrogens with one attached hydrogen (secondary N) is 2. The Kier molecular flexibility index (Phi) is 5.55. The van der Waals surface area contributed by atoms with Crippen LogP contribution in [-0.2, 0) is 9.53 Å². The second kappa shape index (κ2) is 7.17. The van der Waals surface area contributed by atoms with Crippen molar-refractivity contribution in [2.75, 3.05) is 37.4 Å². The maximum absolute atomic E-state index is 11.1. The van der Waals surface area contributed by atoms with Gasteiger partial charge < -0.3 is 20.5 Å². The zero-order valence-electron chi connectivity index (χ0n) is 10.4. The lowest BCUT2D eigenvalue weighted by atomic mass is 10.2. The van der Waals surface area contributed by atoms with Crippen LogP contribution in [0.5, 0.6) is 0 Å². The van der Waals surface area contributed by atoms with E-state index in [2.05, 4.69) is 15.4 Å². The molecule has 0 aliphatic heterocycles. The summed E-state index contributed by atoms with van der Waals surface area (Å²) < 4.78 is 4.47. The Morgan fingerprint density at radius 1 is 1.42 bits per heavy atom. The number of carbonyl (C=O) groups is 1. The Bertz CT molecular complexity index is 464. The van der Waals surface area contributed by atoms with Crippen LogP contribution in [0, 0.1) is 10.1 Å². The third kappa shape index (κ3) is 4.43. The lowest BCUT2D eigenvalue weighted by molar-refractivity contribution is -0.384. The second-order valence-corrected chi connectivity index (χ2v) is 3.57. The fraction of sp³-hybridized carbons (Fsp3) is 0.364. The molecular formula is C11H15N3O5. The zero-order valence-corrected chi connectivity index (χ0v) is 10.4. The van der Waals surface area contributed by atoms with Crippen molar-refractivity contribution < 1.29 is 19.6 Å². The quantitative estimate of drug-likeness (QED) is 0.377. The number of esters is 1. The summed E-state index contributed by atoms with van der Waals surface area (Å²) in [6, 6.07) is 4.15. The smallest absolute Gasteiger partial charge is 0.325 e. The van der Waals surface area contributed by atoms with Crippen LogP contribution in [0.25, 0.3) is 0 Å². The van der Waals surface area contributed by atoms with Crippen LogP contribution in [0.3, 0.4) is 0 Å². The molecule has 104 valence electrons. The molecule has 8 nitrogen and oxygen atoms in total. The Balaban J connectivity index is 2.89. The lowest BCUT2D eigenvalue weighted by Crippen LogP contribution is -2.16. The van der Waals surface area contributed by atoms with Gasteiger partial charge in [-0.3, -0.25) is 14.9 Å². The summed E-state index contributed by atoms with van der Waals surface area (Å²) >= 11 is 0. The molecule has 0 radical (unpaired) electrons. The molecule has 0 unspecified atom stereocenters. The van der Waals surface area contributed by atoms with Gasteiger partial charge in [-0.15, -0.1) is 0 Å². The summed E-state index contributed by atoms with van der Waals surface area (Å²) in [5.41, 5.74) is 0.860. The summed E-state index contributed by atoms with van der Waals surface area (Å²) in [5.74, 6) is -0.486. The number of non-ortho nitro benzene ring substituents is 1. The van der Waals surface area contributed by atoms with Crippen LogP contribution >= 0.6 is 0 Å². The number of benzene rings is 1. The van der Waals surface area contributed by atoms with E-state index in [0.717, 1.165) is 0 Å². The number of ether oxygens (including phenoxy) is 1. The van der Waals surface area contributed by atoms with Gasteiger partial charge in [0.25, 0.3) is 5.69 Å². The van der Waals surface area contributed by atoms with E-state index in [4.69, 9.17) is 5.11 Å². The highest BCUT2D eigenvalue weighted by atomic mass is 16.6. The normalized spacial score (nSPS) is 9.79. The molecule has 0 aliphatic rings. The number of hydrogen-bond donors (Lipinski definition) is 3. The summed E-state index contributed by atoms with van der Waals surface area (Å²) in [5, 5.41) is 25.1. The number of nitro benzene ring substituents is 1. The highest BCUT2D eigenvalue weighted by Crippen LogP contribution is 2.26. The first-order valence-corrected chi connectivity index (χ1v) is 5.52. The van der Waals surface area contributed by atoms with Crippen molar-refractivity contribution in [1.82, 2.24) is 0 Å². The minimum Gasteiger partial charge on any atom is -0.468 e. The van der Waals surface area contributed by atoms with E-state index in [1.54, 1.807) is 0 Å². The number of hydrogen-bond acceptors (Lipinski definition) is 7. The molecule has 0 aliphatic carbocycles. The van der Waals surface area contributed by atoms with E-state index >= 15 is 0 Å². The standard InChI is InChI=1S/C11H15N3O5/c1-19-11(16)7-13-10-6-8(14(17)18)2-3-9(10)12-4-5-15/h2-3,6,12-13,15H,4-5,7H2,1H3. The average molecular weight is 269 g/mol. The van der Waals surface area contributed by atoms with Gasteiger partial charge in [0.15, 0.2) is 0 Å². The first kappa shape index (κ1) is 14.7. The third-order valence-corrected chi connectivity index (χ3v) is 2.29. The van der Waals surface area contributed by atoms with E-state index in [-0.39, 0.29) is 18.8 Å². The minimum atomic E-state index is -0.529. The first-order chi connectivity index (χ1) is 9.08. The van der Waals surface area contributed by atoms with E-state index in [0.29, 0.717) is 17.9 Å². The first-order valence-electron chi connectivity index (χ1n) is 5.52. The number of aliphatic hydroxyl groups excluding tert-OH is 1. The maximum Gasteiger partial charge on any atom is 0.325 e. The summed E-state index contributed by atoms with van der Waals surface area (Å²) in [6.07, 6.45) is 0. The van der Waals surface area contributed by atoms with Crippen LogP contribution in [0.1, 0.15) is 0 Å². The molecule has 3 N–H and O–H groups in total. The predicted molar refractivity (Wildman–Crippen MR) is 69.2 cm³/mol. The van der Waals surface area contributed by atoms with E-state index in [9.17, 15) is 14.9 Å². The van der Waals surface area contributed by atoms with Gasteiger partial charge in [-0.2, -0.15) is 0 Å². The molecule has 0 fully saturated rings. The van der Waals surface area contributed by atoms with E-state index in [1.165, 1.54) is 25.3 Å². The highest BCUT2D eigenvalue weighted by molar-refractivity contribution is 5.79. The van der Waals surface area contributed by atoms with Gasteiger partial charge >= 0.3 is 5.97 Å². The second-order valence-electron chi connectivity index (χ2n) is 3.57. The summed E-state index contributed by atoms with van der Waals surface area (Å²) in [4.78, 5) is 21.2. The molecule has 0 heterocycles. The van der Waals surface area contributed by atoms with E-state index < -0.39 is 10.9 Å². The number of nitro groups is 1. The van der Waals surface area contributed by atoms with Gasteiger partial charge in [0.2, 0.25) is 0 Å². The SMILES string of the molecule is COC(=O)CNc1cc([N+](=O)[O-])ccc1NCCO. The summed E-state index contributed by atoms with van der Waals surface area (Å²) in [7, 11) is 1.25. The fourth-order valence-corrected chi connectivity index (χ4v) is 1.38. The van der Waals surface area contributed by atoms with Gasteiger partial charge in [0, 0.05) is 18.7 Å². The molecule has 8 heteroatoms. The van der Waals surface area contributed by atoms with Crippen molar-refractivity contribution in [1.29, 1.82) is 0 Å². The number of anilines is 2. The Morgan fingerprint density at radius 2 is 2.16 bits per heavy atom. The molecule has 0 spiro atoms. The van der Waals surface area contributed by atoms with Gasteiger partial charge in [-0.1, -0.05) is 0 Å². The van der Waals surface area contributed by atoms with Crippen molar-refractivity contribution in [2.45, 2.75) is 0 Å². The molecule has 0 amide bonds. The zero-order chi connectivity index (χ0) is 14.3. The Hall–Kier alpha value is -2.35. The van der Waals surface area contributed by atoms with Crippen LogP contribution in [0.4, 0.5) is 17.1 Å². The highest BCUT2D eigenvalue weighted by Gasteiger charge is 2.11. The number of rotatable bonds is 7. The minimum absolute atomic E-state index is 0.0760. The Morgan fingerprint density at radius 3 is 2.74 bits per heavy atom. The van der Waals surface area contributed by atoms with Gasteiger partial charge in [-0.25, -0.2) is 0 Å². The Labute approximate surface area is 109 Å². The maximum atomic E-state index is 11.1. The van der Waals surface area contributed by atoms with Crippen LogP contribution in [0.2, 0.25) is 0 Å². The number of nitrogens with zero attached hydrogens (tertiary/aromatic N) is 1. The molecule has 0 saturated heterocycles. The number of carbonyl (C=O) groups excluding carboxylic acids is 1. The summed E-state index contributed by atoms with van der Waals surface area (Å²) in [6.45, 7) is 0.115. The van der Waals surface area contributed by atoms with Gasteiger partial charge in [0.1, 0.15) is 6.54 Å². The number of aliphatic hydroxyl groups is 1. The fourth-order valence-electron chi connectivity index (χ4n) is 1.38.